The third kappa shape index (κ3) is 1.47. The maximum Gasteiger partial charge on any atom is 0.312 e. The summed E-state index contributed by atoms with van der Waals surface area (Å²) < 4.78 is 28.9. The Morgan fingerprint density at radius 3 is 2.50 bits per heavy atom. The maximum absolute atomic E-state index is 10.3. The molecule has 1 N–H and O–H groups in total. The van der Waals surface area contributed by atoms with E-state index in [0.717, 1.165) is 6.21 Å². The molecule has 4 nitrogen and oxygen atoms in total. The fraction of sp³-hybridized carbons (Fsp3) is 0. The van der Waals surface area contributed by atoms with Crippen LogP contribution < -0.4 is 0 Å². The van der Waals surface area contributed by atoms with E-state index in [9.17, 15) is 8.42 Å². The van der Waals surface area contributed by atoms with E-state index >= 15 is 0 Å². The van der Waals surface area contributed by atoms with E-state index in [-0.39, 0.29) is 4.86 Å². The van der Waals surface area contributed by atoms with Crippen LogP contribution in [0.25, 0.3) is 0 Å². The molecule has 0 spiro atoms. The number of aliphatic imine (C=N–C) groups is 1. The molecule has 0 aromatic heterocycles. The highest BCUT2D eigenvalue weighted by atomic mass is 32.2. The molecular formula is C4H2NO3S2. The van der Waals surface area contributed by atoms with Crippen LogP contribution in [0.5, 0.6) is 0 Å². The van der Waals surface area contributed by atoms with Crippen molar-refractivity contribution in [1.82, 2.24) is 0 Å². The second-order valence-electron chi connectivity index (χ2n) is 1.53. The maximum atomic E-state index is 10.3. The minimum atomic E-state index is -4.22. The smallest absolute Gasteiger partial charge is 0.281 e. The van der Waals surface area contributed by atoms with Crippen LogP contribution in [0.15, 0.2) is 10.0 Å². The van der Waals surface area contributed by atoms with Crippen molar-refractivity contribution in [2.45, 2.75) is 0 Å². The molecule has 0 aromatic carbocycles. The summed E-state index contributed by atoms with van der Waals surface area (Å²) in [5, 5.41) is -0.516. The third-order valence-electron chi connectivity index (χ3n) is 0.774. The molecular weight excluding hydrogens is 174 g/mol. The first-order valence-corrected chi connectivity index (χ1v) is 4.04. The van der Waals surface area contributed by atoms with Crippen LogP contribution in [-0.4, -0.2) is 24.0 Å². The monoisotopic (exact) mass is 176 g/mol. The van der Waals surface area contributed by atoms with Crippen molar-refractivity contribution >= 4 is 33.4 Å². The minimum Gasteiger partial charge on any atom is -0.281 e. The molecule has 0 unspecified atom stereocenters. The Labute approximate surface area is 63.0 Å². The molecule has 10 heavy (non-hydrogen) atoms. The van der Waals surface area contributed by atoms with Crippen molar-refractivity contribution in [2.75, 3.05) is 0 Å². The lowest BCUT2D eigenvalue weighted by molar-refractivity contribution is 0.490. The van der Waals surface area contributed by atoms with Crippen LogP contribution in [0.1, 0.15) is 0 Å². The van der Waals surface area contributed by atoms with Crippen LogP contribution in [0.2, 0.25) is 0 Å². The standard InChI is InChI=1S/C4H2NO3S2/c6-10(7,8)4-1-3(9)2-5-4/h2H,(H,6,7,8). The summed E-state index contributed by atoms with van der Waals surface area (Å²) in [6.45, 7) is 0. The van der Waals surface area contributed by atoms with Gasteiger partial charge in [0.15, 0.2) is 5.03 Å². The molecule has 0 aliphatic carbocycles. The van der Waals surface area contributed by atoms with Gasteiger partial charge >= 0.3 is 10.1 Å². The summed E-state index contributed by atoms with van der Waals surface area (Å²) in [4.78, 5) is 3.46. The van der Waals surface area contributed by atoms with Crippen molar-refractivity contribution in [1.29, 1.82) is 0 Å². The van der Waals surface area contributed by atoms with Gasteiger partial charge in [-0.15, -0.1) is 0 Å². The predicted molar refractivity (Wildman–Crippen MR) is 39.4 cm³/mol. The Hall–Kier alpha value is -0.590. The van der Waals surface area contributed by atoms with E-state index in [1.54, 1.807) is 0 Å². The fourth-order valence-electron chi connectivity index (χ4n) is 0.418. The fourth-order valence-corrected chi connectivity index (χ4v) is 1.06. The molecule has 0 fully saturated rings. The first-order valence-electron chi connectivity index (χ1n) is 2.19. The zero-order valence-corrected chi connectivity index (χ0v) is 6.24. The van der Waals surface area contributed by atoms with Gasteiger partial charge in [-0.25, -0.2) is 4.99 Å². The quantitative estimate of drug-likeness (QED) is 0.450. The lowest BCUT2D eigenvalue weighted by Gasteiger charge is -1.87. The van der Waals surface area contributed by atoms with Crippen molar-refractivity contribution in [2.24, 2.45) is 4.99 Å². The first kappa shape index (κ1) is 7.52. The number of hydrogen-bond donors (Lipinski definition) is 1. The van der Waals surface area contributed by atoms with Gasteiger partial charge in [0.25, 0.3) is 0 Å². The molecule has 1 rings (SSSR count). The van der Waals surface area contributed by atoms with E-state index in [0.29, 0.717) is 0 Å². The number of thiocarbonyl (C=S) groups is 1. The van der Waals surface area contributed by atoms with E-state index in [2.05, 4.69) is 23.3 Å². The van der Waals surface area contributed by atoms with Crippen molar-refractivity contribution in [3.63, 3.8) is 0 Å². The zero-order chi connectivity index (χ0) is 7.78. The molecule has 0 atom stereocenters. The Kier molecular flexibility index (Phi) is 1.67. The summed E-state index contributed by atoms with van der Waals surface area (Å²) >= 11 is 4.51. The number of nitrogens with zero attached hydrogens (tertiary/aromatic N) is 1. The molecule has 0 saturated heterocycles. The van der Waals surface area contributed by atoms with E-state index in [4.69, 9.17) is 4.55 Å². The van der Waals surface area contributed by atoms with E-state index < -0.39 is 15.1 Å². The highest BCUT2D eigenvalue weighted by Crippen LogP contribution is 2.08. The van der Waals surface area contributed by atoms with Gasteiger partial charge in [-0.05, 0) is 0 Å². The number of allylic oxidation sites excluding steroid dienone is 1. The average molecular weight is 176 g/mol. The summed E-state index contributed by atoms with van der Waals surface area (Å²) in [5.74, 6) is 0. The summed E-state index contributed by atoms with van der Waals surface area (Å²) in [6.07, 6.45) is 3.32. The summed E-state index contributed by atoms with van der Waals surface area (Å²) in [7, 11) is -4.22. The van der Waals surface area contributed by atoms with Gasteiger partial charge < -0.3 is 0 Å². The molecule has 6 heteroatoms. The van der Waals surface area contributed by atoms with Crippen LogP contribution in [0.3, 0.4) is 0 Å². The molecule has 0 aromatic rings. The summed E-state index contributed by atoms with van der Waals surface area (Å²) in [5.41, 5.74) is 0. The minimum absolute atomic E-state index is 0.174. The van der Waals surface area contributed by atoms with Crippen LogP contribution in [0.4, 0.5) is 0 Å². The van der Waals surface area contributed by atoms with Crippen LogP contribution in [0, 0.1) is 6.08 Å². The molecule has 1 aliphatic heterocycles. The number of rotatable bonds is 1. The van der Waals surface area contributed by atoms with Gasteiger partial charge in [-0.2, -0.15) is 8.42 Å². The van der Waals surface area contributed by atoms with Gasteiger partial charge in [-0.1, -0.05) is 12.2 Å². The highest BCUT2D eigenvalue weighted by molar-refractivity contribution is 7.90. The molecule has 1 radical (unpaired) electrons. The van der Waals surface area contributed by atoms with Crippen molar-refractivity contribution < 1.29 is 13.0 Å². The first-order chi connectivity index (χ1) is 4.50. The number of hydrogen-bond acceptors (Lipinski definition) is 4. The van der Waals surface area contributed by atoms with Gasteiger partial charge in [0.1, 0.15) is 0 Å². The zero-order valence-electron chi connectivity index (χ0n) is 4.60. The van der Waals surface area contributed by atoms with Gasteiger partial charge in [0.2, 0.25) is 0 Å². The Bertz CT molecular complexity index is 324. The van der Waals surface area contributed by atoms with E-state index in [1.807, 2.05) is 0 Å². The Morgan fingerprint density at radius 1 is 1.70 bits per heavy atom. The lowest BCUT2D eigenvalue weighted by atomic mass is 10.5. The van der Waals surface area contributed by atoms with Gasteiger partial charge in [-0.3, -0.25) is 4.55 Å². The molecule has 0 bridgehead atoms. The largest absolute Gasteiger partial charge is 0.312 e. The average Bonchev–Trinajstić information content (AvgIpc) is 2.11. The van der Waals surface area contributed by atoms with Crippen molar-refractivity contribution in [3.8, 4) is 0 Å². The highest BCUT2D eigenvalue weighted by Gasteiger charge is 2.16. The predicted octanol–water partition coefficient (Wildman–Crippen LogP) is -0.0269. The van der Waals surface area contributed by atoms with E-state index in [1.165, 1.54) is 0 Å². The van der Waals surface area contributed by atoms with Gasteiger partial charge in [0, 0.05) is 12.3 Å². The third-order valence-corrected chi connectivity index (χ3v) is 1.68. The lowest BCUT2D eigenvalue weighted by Crippen LogP contribution is -1.97. The molecule has 0 amide bonds. The normalized spacial score (nSPS) is 17.7. The molecule has 0 saturated carbocycles. The van der Waals surface area contributed by atoms with Gasteiger partial charge in [0.05, 0.1) is 4.86 Å². The molecule has 1 aliphatic rings. The SMILES string of the molecule is O=S(=O)(O)C1=[C]C(=S)C=N1. The Morgan fingerprint density at radius 2 is 2.30 bits per heavy atom. The topological polar surface area (TPSA) is 66.7 Å². The summed E-state index contributed by atoms with van der Waals surface area (Å²) in [6, 6.07) is 0. The second-order valence-corrected chi connectivity index (χ2v) is 3.30. The van der Waals surface area contributed by atoms with Crippen LogP contribution >= 0.6 is 12.2 Å². The molecule has 1 heterocycles. The van der Waals surface area contributed by atoms with Crippen LogP contribution in [-0.2, 0) is 10.1 Å². The molecule has 53 valence electrons. The Balaban J connectivity index is 3.11. The van der Waals surface area contributed by atoms with Crippen molar-refractivity contribution in [3.05, 3.63) is 11.1 Å². The second kappa shape index (κ2) is 2.22.